The Kier molecular flexibility index (Phi) is 6.43. The molecule has 0 saturated carbocycles. The minimum absolute atomic E-state index is 0.0202. The number of ether oxygens (including phenoxy) is 1. The first-order valence-electron chi connectivity index (χ1n) is 10.6. The molecule has 172 valence electrons. The van der Waals surface area contributed by atoms with Crippen molar-refractivity contribution in [3.8, 4) is 11.3 Å². The molecule has 1 N–H and O–H groups in total. The maximum absolute atomic E-state index is 13.2. The third kappa shape index (κ3) is 4.40. The summed E-state index contributed by atoms with van der Waals surface area (Å²) in [5.41, 5.74) is 3.56. The molecule has 0 aliphatic carbocycles. The summed E-state index contributed by atoms with van der Waals surface area (Å²) in [7, 11) is 1.32. The molecule has 1 aromatic heterocycles. The van der Waals surface area contributed by atoms with Gasteiger partial charge in [0, 0.05) is 5.56 Å². The van der Waals surface area contributed by atoms with Gasteiger partial charge < -0.3 is 9.15 Å². The number of hydrogen-bond donors (Lipinski definition) is 1. The lowest BCUT2D eigenvalue weighted by atomic mass is 10.0. The van der Waals surface area contributed by atoms with Crippen molar-refractivity contribution < 1.29 is 23.5 Å². The average Bonchev–Trinajstić information content (AvgIpc) is 3.30. The summed E-state index contributed by atoms with van der Waals surface area (Å²) in [6, 6.07) is 15.9. The standard InChI is InChI=1S/C26H22N2O5S/c1-4-16-6-9-18(10-7-16)28-24(30)21(23(29)27-26(28)34)14-19-11-12-22(33-19)20-13-17(25(31)32-3)8-5-15(20)2/h5-14H,4H2,1-3H3,(H,27,29,34)/b21-14+. The SMILES string of the molecule is CCc1ccc(N2C(=O)/C(=C/c3ccc(-c4cc(C(=O)OC)ccc4C)o3)C(=O)NC2=S)cc1. The van der Waals surface area contributed by atoms with E-state index in [0.29, 0.717) is 28.3 Å². The van der Waals surface area contributed by atoms with Crippen LogP contribution in [0.25, 0.3) is 17.4 Å². The van der Waals surface area contributed by atoms with Crippen molar-refractivity contribution in [2.45, 2.75) is 20.3 Å². The van der Waals surface area contributed by atoms with Crippen LogP contribution in [0.1, 0.15) is 34.2 Å². The van der Waals surface area contributed by atoms with Gasteiger partial charge in [0.15, 0.2) is 5.11 Å². The van der Waals surface area contributed by atoms with E-state index in [2.05, 4.69) is 5.32 Å². The van der Waals surface area contributed by atoms with Gasteiger partial charge in [-0.15, -0.1) is 0 Å². The summed E-state index contributed by atoms with van der Waals surface area (Å²) in [5, 5.41) is 2.59. The number of benzene rings is 2. The largest absolute Gasteiger partial charge is 0.465 e. The number of hydrogen-bond acceptors (Lipinski definition) is 6. The van der Waals surface area contributed by atoms with Gasteiger partial charge in [-0.1, -0.05) is 25.1 Å². The second-order valence-corrected chi connectivity index (χ2v) is 8.09. The van der Waals surface area contributed by atoms with E-state index in [1.807, 2.05) is 26.0 Å². The quantitative estimate of drug-likeness (QED) is 0.255. The van der Waals surface area contributed by atoms with E-state index in [0.717, 1.165) is 17.5 Å². The number of methoxy groups -OCH3 is 1. The number of anilines is 1. The molecule has 0 spiro atoms. The number of esters is 1. The minimum atomic E-state index is -0.599. The smallest absolute Gasteiger partial charge is 0.337 e. The Balaban J connectivity index is 1.66. The zero-order valence-electron chi connectivity index (χ0n) is 18.9. The van der Waals surface area contributed by atoms with Crippen LogP contribution in [0.2, 0.25) is 0 Å². The van der Waals surface area contributed by atoms with Gasteiger partial charge >= 0.3 is 5.97 Å². The van der Waals surface area contributed by atoms with E-state index in [1.54, 1.807) is 42.5 Å². The Morgan fingerprint density at radius 1 is 1.12 bits per heavy atom. The van der Waals surface area contributed by atoms with Crippen LogP contribution in [0.5, 0.6) is 0 Å². The number of carbonyl (C=O) groups is 3. The molecule has 1 aliphatic rings. The molecule has 2 aromatic carbocycles. The number of thiocarbonyl (C=S) groups is 1. The number of nitrogens with zero attached hydrogens (tertiary/aromatic N) is 1. The van der Waals surface area contributed by atoms with Crippen LogP contribution in [-0.2, 0) is 20.7 Å². The monoisotopic (exact) mass is 474 g/mol. The molecule has 1 aliphatic heterocycles. The predicted molar refractivity (Wildman–Crippen MR) is 132 cm³/mol. The number of rotatable bonds is 5. The van der Waals surface area contributed by atoms with E-state index in [-0.39, 0.29) is 10.7 Å². The first-order valence-corrected chi connectivity index (χ1v) is 11.0. The molecule has 2 heterocycles. The number of aryl methyl sites for hydroxylation is 2. The lowest BCUT2D eigenvalue weighted by Crippen LogP contribution is -2.54. The fourth-order valence-electron chi connectivity index (χ4n) is 3.62. The second kappa shape index (κ2) is 9.44. The number of amides is 2. The van der Waals surface area contributed by atoms with Crippen LogP contribution in [0.15, 0.2) is 64.6 Å². The van der Waals surface area contributed by atoms with Gasteiger partial charge in [-0.05, 0) is 79.2 Å². The number of furan rings is 1. The van der Waals surface area contributed by atoms with Crippen LogP contribution in [0.3, 0.4) is 0 Å². The molecule has 4 rings (SSSR count). The zero-order valence-corrected chi connectivity index (χ0v) is 19.7. The summed E-state index contributed by atoms with van der Waals surface area (Å²) in [5.74, 6) is -0.799. The topological polar surface area (TPSA) is 88.8 Å². The number of nitrogens with one attached hydrogen (secondary N) is 1. The zero-order chi connectivity index (χ0) is 24.4. The van der Waals surface area contributed by atoms with E-state index < -0.39 is 17.8 Å². The Morgan fingerprint density at radius 2 is 1.85 bits per heavy atom. The summed E-state index contributed by atoms with van der Waals surface area (Å²) in [4.78, 5) is 39.0. The van der Waals surface area contributed by atoms with Gasteiger partial charge in [-0.25, -0.2) is 4.79 Å². The third-order valence-corrected chi connectivity index (χ3v) is 5.83. The fraction of sp³-hybridized carbons (Fsp3) is 0.154. The molecule has 3 aromatic rings. The maximum Gasteiger partial charge on any atom is 0.337 e. The summed E-state index contributed by atoms with van der Waals surface area (Å²) >= 11 is 5.25. The molecule has 2 amide bonds. The first-order chi connectivity index (χ1) is 16.3. The van der Waals surface area contributed by atoms with Crippen molar-refractivity contribution in [2.75, 3.05) is 12.0 Å². The Labute approximate surface area is 202 Å². The lowest BCUT2D eigenvalue weighted by Gasteiger charge is -2.28. The summed E-state index contributed by atoms with van der Waals surface area (Å²) < 4.78 is 10.7. The van der Waals surface area contributed by atoms with Gasteiger partial charge in [-0.2, -0.15) is 0 Å². The van der Waals surface area contributed by atoms with E-state index in [4.69, 9.17) is 21.4 Å². The predicted octanol–water partition coefficient (Wildman–Crippen LogP) is 4.44. The molecule has 1 fully saturated rings. The highest BCUT2D eigenvalue weighted by Crippen LogP contribution is 2.29. The Hall–Kier alpha value is -4.04. The molecule has 0 radical (unpaired) electrons. The van der Waals surface area contributed by atoms with Crippen molar-refractivity contribution in [1.82, 2.24) is 5.32 Å². The van der Waals surface area contributed by atoms with Crippen LogP contribution >= 0.6 is 12.2 Å². The van der Waals surface area contributed by atoms with Gasteiger partial charge in [0.1, 0.15) is 17.1 Å². The average molecular weight is 475 g/mol. The molecule has 8 heteroatoms. The van der Waals surface area contributed by atoms with Crippen LogP contribution in [0, 0.1) is 6.92 Å². The maximum atomic E-state index is 13.2. The Bertz CT molecular complexity index is 1340. The molecule has 0 bridgehead atoms. The van der Waals surface area contributed by atoms with Gasteiger partial charge in [0.05, 0.1) is 18.4 Å². The van der Waals surface area contributed by atoms with Crippen LogP contribution in [-0.4, -0.2) is 30.0 Å². The Morgan fingerprint density at radius 3 is 2.53 bits per heavy atom. The van der Waals surface area contributed by atoms with Crippen LogP contribution in [0.4, 0.5) is 5.69 Å². The van der Waals surface area contributed by atoms with Crippen molar-refractivity contribution >= 4 is 46.9 Å². The third-order valence-electron chi connectivity index (χ3n) is 5.54. The van der Waals surface area contributed by atoms with Crippen molar-refractivity contribution in [1.29, 1.82) is 0 Å². The molecular formula is C26H22N2O5S. The van der Waals surface area contributed by atoms with Gasteiger partial charge in [-0.3, -0.25) is 19.8 Å². The molecule has 0 unspecified atom stereocenters. The van der Waals surface area contributed by atoms with Crippen molar-refractivity contribution in [3.63, 3.8) is 0 Å². The van der Waals surface area contributed by atoms with E-state index in [1.165, 1.54) is 18.1 Å². The summed E-state index contributed by atoms with van der Waals surface area (Å²) in [6.07, 6.45) is 2.25. The molecule has 1 saturated heterocycles. The fourth-order valence-corrected chi connectivity index (χ4v) is 3.90. The normalized spacial score (nSPS) is 15.0. The first kappa shape index (κ1) is 23.1. The van der Waals surface area contributed by atoms with Gasteiger partial charge in [0.25, 0.3) is 11.8 Å². The van der Waals surface area contributed by atoms with Crippen LogP contribution < -0.4 is 10.2 Å². The highest BCUT2D eigenvalue weighted by molar-refractivity contribution is 7.80. The molecule has 0 atom stereocenters. The van der Waals surface area contributed by atoms with Crippen molar-refractivity contribution in [2.24, 2.45) is 0 Å². The second-order valence-electron chi connectivity index (χ2n) is 7.70. The number of carbonyl (C=O) groups excluding carboxylic acids is 3. The highest BCUT2D eigenvalue weighted by Gasteiger charge is 2.34. The lowest BCUT2D eigenvalue weighted by molar-refractivity contribution is -0.122. The molecular weight excluding hydrogens is 452 g/mol. The van der Waals surface area contributed by atoms with Crippen molar-refractivity contribution in [3.05, 3.63) is 82.6 Å². The molecule has 7 nitrogen and oxygen atoms in total. The van der Waals surface area contributed by atoms with Gasteiger partial charge in [0.2, 0.25) is 0 Å². The highest BCUT2D eigenvalue weighted by atomic mass is 32.1. The molecule has 34 heavy (non-hydrogen) atoms. The van der Waals surface area contributed by atoms with E-state index in [9.17, 15) is 14.4 Å². The minimum Gasteiger partial charge on any atom is -0.465 e. The van der Waals surface area contributed by atoms with E-state index >= 15 is 0 Å². The summed E-state index contributed by atoms with van der Waals surface area (Å²) in [6.45, 7) is 3.93.